The lowest BCUT2D eigenvalue weighted by Gasteiger charge is -2.28. The predicted molar refractivity (Wildman–Crippen MR) is 110 cm³/mol. The summed E-state index contributed by atoms with van der Waals surface area (Å²) in [5.41, 5.74) is 0.850. The molecule has 6 heteroatoms. The van der Waals surface area contributed by atoms with Crippen LogP contribution >= 0.6 is 0 Å². The molecule has 5 nitrogen and oxygen atoms in total. The van der Waals surface area contributed by atoms with Crippen molar-refractivity contribution >= 4 is 15.7 Å². The van der Waals surface area contributed by atoms with Crippen LogP contribution in [0.3, 0.4) is 0 Å². The molecule has 1 aliphatic heterocycles. The van der Waals surface area contributed by atoms with Gasteiger partial charge in [-0.05, 0) is 31.0 Å². The zero-order valence-corrected chi connectivity index (χ0v) is 17.4. The molecule has 0 bridgehead atoms. The standard InChI is InChI=1S/C21H34N2O3S/c1-23-15-16-26-21-14-13-19(17-20(21)23)27(24,25)22-18-11-9-7-5-3-2-4-6-8-10-12-18/h13-14,17-18,22H,2-12,15-16H2,1H3. The normalized spacial score (nSPS) is 20.9. The highest BCUT2D eigenvalue weighted by atomic mass is 32.2. The molecule has 152 valence electrons. The number of fused-ring (bicyclic) bond motifs is 1. The Morgan fingerprint density at radius 2 is 1.56 bits per heavy atom. The van der Waals surface area contributed by atoms with Crippen LogP contribution in [0.5, 0.6) is 5.75 Å². The number of nitrogens with zero attached hydrogens (tertiary/aromatic N) is 1. The Balaban J connectivity index is 1.68. The lowest BCUT2D eigenvalue weighted by Crippen LogP contribution is -2.35. The van der Waals surface area contributed by atoms with E-state index in [4.69, 9.17) is 4.74 Å². The zero-order chi connectivity index (χ0) is 19.1. The monoisotopic (exact) mass is 394 g/mol. The van der Waals surface area contributed by atoms with E-state index in [1.54, 1.807) is 18.2 Å². The van der Waals surface area contributed by atoms with Gasteiger partial charge in [-0.15, -0.1) is 0 Å². The van der Waals surface area contributed by atoms with Crippen LogP contribution in [-0.2, 0) is 10.0 Å². The van der Waals surface area contributed by atoms with Gasteiger partial charge in [0.2, 0.25) is 10.0 Å². The molecular formula is C21H34N2O3S. The van der Waals surface area contributed by atoms with Crippen molar-refractivity contribution in [2.45, 2.75) is 81.6 Å². The van der Waals surface area contributed by atoms with E-state index in [0.29, 0.717) is 11.5 Å². The second kappa shape index (κ2) is 9.78. The van der Waals surface area contributed by atoms with Gasteiger partial charge in [-0.1, -0.05) is 57.8 Å². The van der Waals surface area contributed by atoms with Crippen LogP contribution < -0.4 is 14.4 Å². The van der Waals surface area contributed by atoms with Crippen LogP contribution in [0.15, 0.2) is 23.1 Å². The molecule has 2 aliphatic rings. The molecule has 0 amide bonds. The number of sulfonamides is 1. The number of hydrogen-bond donors (Lipinski definition) is 1. The molecule has 3 rings (SSSR count). The molecule has 1 N–H and O–H groups in total. The molecule has 1 aromatic rings. The molecule has 1 aliphatic carbocycles. The molecule has 0 spiro atoms. The number of hydrogen-bond acceptors (Lipinski definition) is 4. The van der Waals surface area contributed by atoms with Crippen molar-refractivity contribution in [3.05, 3.63) is 18.2 Å². The van der Waals surface area contributed by atoms with Gasteiger partial charge in [0, 0.05) is 13.1 Å². The van der Waals surface area contributed by atoms with Crippen LogP contribution in [0, 0.1) is 0 Å². The summed E-state index contributed by atoms with van der Waals surface area (Å²) in [4.78, 5) is 2.39. The first-order valence-corrected chi connectivity index (χ1v) is 12.0. The summed E-state index contributed by atoms with van der Waals surface area (Å²) in [5, 5.41) is 0. The number of ether oxygens (including phenoxy) is 1. The first kappa shape index (κ1) is 20.5. The van der Waals surface area contributed by atoms with Crippen molar-refractivity contribution in [3.63, 3.8) is 0 Å². The summed E-state index contributed by atoms with van der Waals surface area (Å²) in [5.74, 6) is 0.758. The van der Waals surface area contributed by atoms with Gasteiger partial charge in [0.25, 0.3) is 0 Å². The van der Waals surface area contributed by atoms with E-state index in [1.807, 2.05) is 11.9 Å². The van der Waals surface area contributed by atoms with Gasteiger partial charge < -0.3 is 9.64 Å². The van der Waals surface area contributed by atoms with Crippen molar-refractivity contribution in [1.29, 1.82) is 0 Å². The Morgan fingerprint density at radius 3 is 2.19 bits per heavy atom. The van der Waals surface area contributed by atoms with Gasteiger partial charge in [-0.25, -0.2) is 13.1 Å². The van der Waals surface area contributed by atoms with E-state index in [1.165, 1.54) is 44.9 Å². The van der Waals surface area contributed by atoms with Gasteiger partial charge >= 0.3 is 0 Å². The number of likely N-dealkylation sites (N-methyl/N-ethyl adjacent to an activating group) is 1. The molecule has 0 radical (unpaired) electrons. The lowest BCUT2D eigenvalue weighted by atomic mass is 9.98. The smallest absolute Gasteiger partial charge is 0.240 e. The SMILES string of the molecule is CN1CCOc2ccc(S(=O)(=O)NC3CCCCCCCCCCC3)cc21. The Labute approximate surface area is 164 Å². The Morgan fingerprint density at radius 1 is 0.963 bits per heavy atom. The summed E-state index contributed by atoms with van der Waals surface area (Å²) in [6.45, 7) is 1.41. The van der Waals surface area contributed by atoms with Crippen LogP contribution in [0.25, 0.3) is 0 Å². The first-order valence-electron chi connectivity index (χ1n) is 10.6. The maximum absolute atomic E-state index is 13.0. The number of benzene rings is 1. The maximum Gasteiger partial charge on any atom is 0.240 e. The van der Waals surface area contributed by atoms with Crippen molar-refractivity contribution < 1.29 is 13.2 Å². The van der Waals surface area contributed by atoms with E-state index in [2.05, 4.69) is 4.72 Å². The minimum atomic E-state index is -3.51. The third kappa shape index (κ3) is 5.85. The van der Waals surface area contributed by atoms with E-state index in [0.717, 1.165) is 43.7 Å². The lowest BCUT2D eigenvalue weighted by molar-refractivity contribution is 0.311. The highest BCUT2D eigenvalue weighted by Crippen LogP contribution is 2.33. The summed E-state index contributed by atoms with van der Waals surface area (Å²) in [6, 6.07) is 5.22. The van der Waals surface area contributed by atoms with Crippen molar-refractivity contribution in [2.24, 2.45) is 0 Å². The van der Waals surface area contributed by atoms with Gasteiger partial charge in [-0.3, -0.25) is 0 Å². The average molecular weight is 395 g/mol. The van der Waals surface area contributed by atoms with Crippen molar-refractivity contribution in [2.75, 3.05) is 25.1 Å². The van der Waals surface area contributed by atoms with Crippen molar-refractivity contribution in [1.82, 2.24) is 4.72 Å². The second-order valence-corrected chi connectivity index (χ2v) is 9.69. The van der Waals surface area contributed by atoms with Gasteiger partial charge in [0.1, 0.15) is 12.4 Å². The molecular weight excluding hydrogens is 360 g/mol. The van der Waals surface area contributed by atoms with Crippen LogP contribution in [-0.4, -0.2) is 34.7 Å². The highest BCUT2D eigenvalue weighted by Gasteiger charge is 2.23. The molecule has 1 heterocycles. The van der Waals surface area contributed by atoms with Gasteiger partial charge in [0.05, 0.1) is 17.1 Å². The Hall–Kier alpha value is -1.27. The van der Waals surface area contributed by atoms with E-state index in [-0.39, 0.29) is 6.04 Å². The first-order chi connectivity index (χ1) is 13.1. The van der Waals surface area contributed by atoms with Crippen LogP contribution in [0.1, 0.15) is 70.6 Å². The fourth-order valence-electron chi connectivity index (χ4n) is 4.07. The molecule has 0 unspecified atom stereocenters. The van der Waals surface area contributed by atoms with Crippen LogP contribution in [0.4, 0.5) is 5.69 Å². The number of nitrogens with one attached hydrogen (secondary N) is 1. The highest BCUT2D eigenvalue weighted by molar-refractivity contribution is 7.89. The van der Waals surface area contributed by atoms with Crippen molar-refractivity contribution in [3.8, 4) is 5.75 Å². The predicted octanol–water partition coefficient (Wildman–Crippen LogP) is 4.47. The van der Waals surface area contributed by atoms with Gasteiger partial charge in [0.15, 0.2) is 0 Å². The molecule has 0 atom stereocenters. The van der Waals surface area contributed by atoms with E-state index < -0.39 is 10.0 Å². The number of rotatable bonds is 3. The third-order valence-electron chi connectivity index (χ3n) is 5.76. The summed E-state index contributed by atoms with van der Waals surface area (Å²) in [7, 11) is -1.54. The molecule has 1 saturated carbocycles. The maximum atomic E-state index is 13.0. The quantitative estimate of drug-likeness (QED) is 0.822. The molecule has 1 aromatic carbocycles. The largest absolute Gasteiger partial charge is 0.490 e. The summed E-state index contributed by atoms with van der Waals surface area (Å²) >= 11 is 0. The van der Waals surface area contributed by atoms with Crippen LogP contribution in [0.2, 0.25) is 0 Å². The fourth-order valence-corrected chi connectivity index (χ4v) is 5.39. The Bertz CT molecular complexity index is 693. The minimum Gasteiger partial charge on any atom is -0.490 e. The molecule has 27 heavy (non-hydrogen) atoms. The molecule has 0 saturated heterocycles. The summed E-state index contributed by atoms with van der Waals surface area (Å²) < 4.78 is 34.6. The Kier molecular flexibility index (Phi) is 7.41. The minimum absolute atomic E-state index is 0.0411. The topological polar surface area (TPSA) is 58.6 Å². The molecule has 1 fully saturated rings. The zero-order valence-electron chi connectivity index (χ0n) is 16.6. The number of anilines is 1. The average Bonchev–Trinajstić information content (AvgIpc) is 2.64. The van der Waals surface area contributed by atoms with Gasteiger partial charge in [-0.2, -0.15) is 0 Å². The third-order valence-corrected chi connectivity index (χ3v) is 7.28. The van der Waals surface area contributed by atoms with E-state index >= 15 is 0 Å². The molecule has 0 aromatic heterocycles. The fraction of sp³-hybridized carbons (Fsp3) is 0.714. The summed E-state index contributed by atoms with van der Waals surface area (Å²) in [6.07, 6.45) is 13.0. The second-order valence-electron chi connectivity index (χ2n) is 7.98. The van der Waals surface area contributed by atoms with E-state index in [9.17, 15) is 8.42 Å².